The molecule has 0 aromatic heterocycles. The standard InChI is InChI=1S/C32H65N9O6.C27H48N12O9.C21H39N9O6.17CH4/c1-23(32(46)47)41-31(45)27(37-6)18-10-14-22-40-30(44)26(36-5)17-9-13-21-39-29(43)25(35-4)16-8-12-20-38-28(42)24(34-3)15-7-11-19-33-2;1-13-22(43)37-17(8-32-20(41)11-29-5)26(47)35-15(3)24(45)39-18(9-33-21(42)12-30-6)27(48)36-14(2)23(44)38-16(25(46)34-13)7-31-19(40)10-28-4;1-22-10-19(34)25-7-13-4-16(31)29-15(9-27-21(36)12-24-3)6-18(33)30-14(5-17(32)28-13)8-26-20(35)11-23-2;;;;;;;;;;;;;;;;;/h23-27,33-37H,7-22H2,1-6H3,(H,38,42)(H,39,43)(H,40,44)(H,41,45)(H,46,47);13-18,28-30H,7-12H2,1-6H3,(H,31,40)(H,32,41)(H,33,42)(H,34,46)(H,35,47)(H,36,48)(H,37,43)(H,38,44)(H,39,45);13-15,22-24H,4-12H2,1-3H3,(H,25,34)(H,26,35)(H,27,36)(H,28,32)(H,29,31)(H,30,33);17*1H4/t23-,24-,25?,26-,27-;13-,14-,15-,16+,17+,18+;13-,14-,15-;;;;;;;;;;;;;;;;;/m011................./s1. The molecule has 2 rings (SSSR count). The van der Waals surface area contributed by atoms with Crippen molar-refractivity contribution in [1.29, 1.82) is 0 Å². The molecule has 2 aliphatic heterocycles. The Hall–Kier alpha value is -11.0. The fourth-order valence-corrected chi connectivity index (χ4v) is 12.5. The molecule has 1 unspecified atom stereocenters. The van der Waals surface area contributed by atoms with Crippen molar-refractivity contribution in [3.63, 3.8) is 0 Å². The predicted octanol–water partition coefficient (Wildman–Crippen LogP) is -3.40. The number of aliphatic carboxylic acids is 1. The molecule has 0 spiro atoms. The number of rotatable bonds is 54. The smallest absolute Gasteiger partial charge is 0.325 e. The summed E-state index contributed by atoms with van der Waals surface area (Å²) in [5.74, 6) is -10.6. The molecule has 2 saturated heterocycles. The molecule has 2 heterocycles. The first-order valence-electron chi connectivity index (χ1n) is 44.2. The molecule has 0 saturated carbocycles. The van der Waals surface area contributed by atoms with Gasteiger partial charge in [0.05, 0.1) is 81.6 Å². The van der Waals surface area contributed by atoms with E-state index in [4.69, 9.17) is 5.11 Å². The van der Waals surface area contributed by atoms with Crippen LogP contribution in [0.25, 0.3) is 0 Å². The lowest BCUT2D eigenvalue weighted by molar-refractivity contribution is -0.141. The summed E-state index contributed by atoms with van der Waals surface area (Å²) in [6.45, 7) is 6.59. The van der Waals surface area contributed by atoms with Crippen LogP contribution in [0, 0.1) is 0 Å². The quantitative estimate of drug-likeness (QED) is 0.0264. The maximum absolute atomic E-state index is 13.2. The van der Waals surface area contributed by atoms with E-state index < -0.39 is 163 Å². The minimum atomic E-state index is -1.43. The minimum Gasteiger partial charge on any atom is -0.480 e. The molecular formula is C97H220N30O21. The van der Waals surface area contributed by atoms with Crippen LogP contribution in [0.2, 0.25) is 0 Å². The summed E-state index contributed by atoms with van der Waals surface area (Å²) in [5.41, 5.74) is 0. The van der Waals surface area contributed by atoms with Gasteiger partial charge in [0, 0.05) is 78.2 Å². The molecule has 148 heavy (non-hydrogen) atoms. The molecule has 31 N–H and O–H groups in total. The summed E-state index contributed by atoms with van der Waals surface area (Å²) in [6.07, 6.45) is 8.66. The lowest BCUT2D eigenvalue weighted by Gasteiger charge is -2.27. The second-order valence-corrected chi connectivity index (χ2v) is 31.2. The van der Waals surface area contributed by atoms with Crippen LogP contribution >= 0.6 is 0 Å². The van der Waals surface area contributed by atoms with E-state index in [1.165, 1.54) is 48.8 Å². The van der Waals surface area contributed by atoms with Crippen LogP contribution in [0.5, 0.6) is 0 Å². The number of carbonyl (C=O) groups excluding carboxylic acids is 19. The number of likely N-dealkylation sites (N-methyl/N-ethyl adjacent to an activating group) is 10. The van der Waals surface area contributed by atoms with E-state index in [1.807, 2.05) is 7.05 Å². The van der Waals surface area contributed by atoms with Crippen molar-refractivity contribution in [1.82, 2.24) is 160 Å². The molecular weight excluding hydrogens is 1920 g/mol. The van der Waals surface area contributed by atoms with Crippen LogP contribution in [-0.2, 0) is 95.9 Å². The highest BCUT2D eigenvalue weighted by molar-refractivity contribution is 5.99. The average molecular weight is 2140 g/mol. The highest BCUT2D eigenvalue weighted by atomic mass is 16.4. The summed E-state index contributed by atoms with van der Waals surface area (Å²) in [7, 11) is 18.3. The van der Waals surface area contributed by atoms with Gasteiger partial charge in [-0.1, -0.05) is 133 Å². The van der Waals surface area contributed by atoms with Gasteiger partial charge in [-0.25, -0.2) is 0 Å². The zero-order chi connectivity index (χ0) is 98.8. The van der Waals surface area contributed by atoms with Gasteiger partial charge in [0.25, 0.3) is 0 Å². The Kier molecular flexibility index (Phi) is 130. The molecule has 0 bridgehead atoms. The van der Waals surface area contributed by atoms with Crippen LogP contribution in [0.15, 0.2) is 0 Å². The SMILES string of the molecule is C.C.C.C.C.C.C.C.C.C.C.C.C.C.C.C.C.CNCC(=O)NC[C@@H]1NC(=O)[C@@H](C)NC(=O)[C@H](CNC(=O)CNC)NC(=O)[C@@H](C)NC(=O)[C@H](CNC(=O)CNC)NC(=O)[C@@H](C)NC1=O.CNCC(=O)NC[C@H]1CC(=O)N[C@@H](CNC(=O)CNC)CC(=O)N[C@@H](CNC(=O)CNC)CC(=O)N1.CNCCCC[C@H](NC)C(=O)NCCCCC(NC)C(=O)NCCCC[C@H](NC)C(=O)NCCCC[C@H](NC)C(=O)N[C@@H](C)C(=O)O. The third kappa shape index (κ3) is 82.9. The first kappa shape index (κ1) is 179. The summed E-state index contributed by atoms with van der Waals surface area (Å²) in [4.78, 5) is 250. The second-order valence-electron chi connectivity index (χ2n) is 31.2. The maximum Gasteiger partial charge on any atom is 0.325 e. The summed E-state index contributed by atoms with van der Waals surface area (Å²) in [5, 5.41) is 89.6. The van der Waals surface area contributed by atoms with Gasteiger partial charge in [0.15, 0.2) is 0 Å². The number of carbonyl (C=O) groups is 20. The monoisotopic (exact) mass is 2140 g/mol. The van der Waals surface area contributed by atoms with Gasteiger partial charge < -0.3 is 165 Å². The Labute approximate surface area is 891 Å². The Morgan fingerprint density at radius 3 is 0.662 bits per heavy atom. The Morgan fingerprint density at radius 1 is 0.264 bits per heavy atom. The molecule has 2 fully saturated rings. The van der Waals surface area contributed by atoms with Gasteiger partial charge in [0.1, 0.15) is 42.3 Å². The number of carboxylic acids is 1. The van der Waals surface area contributed by atoms with E-state index in [0.717, 1.165) is 51.5 Å². The number of amides is 19. The van der Waals surface area contributed by atoms with Crippen LogP contribution in [0.1, 0.15) is 250 Å². The Morgan fingerprint density at radius 2 is 0.466 bits per heavy atom. The molecule has 0 aromatic rings. The van der Waals surface area contributed by atoms with Crippen molar-refractivity contribution in [2.75, 3.05) is 182 Å². The first-order valence-corrected chi connectivity index (χ1v) is 44.2. The van der Waals surface area contributed by atoms with Crippen molar-refractivity contribution in [3.05, 3.63) is 0 Å². The molecule has 0 aromatic carbocycles. The minimum absolute atomic E-state index is 0. The fraction of sp³-hybridized carbons (Fsp3) is 0.794. The molecule has 51 heteroatoms. The first-order chi connectivity index (χ1) is 62.3. The van der Waals surface area contributed by atoms with Gasteiger partial charge in [-0.3, -0.25) is 95.9 Å². The van der Waals surface area contributed by atoms with Crippen molar-refractivity contribution >= 4 is 118 Å². The van der Waals surface area contributed by atoms with E-state index in [2.05, 4.69) is 160 Å². The van der Waals surface area contributed by atoms with Gasteiger partial charge in [0.2, 0.25) is 112 Å². The zero-order valence-electron chi connectivity index (χ0n) is 78.6. The number of unbranched alkanes of at least 4 members (excludes halogenated alkanes) is 4. The summed E-state index contributed by atoms with van der Waals surface area (Å²) >= 11 is 0. The van der Waals surface area contributed by atoms with Gasteiger partial charge in [-0.05, 0) is 182 Å². The van der Waals surface area contributed by atoms with Crippen molar-refractivity contribution in [2.24, 2.45) is 0 Å². The van der Waals surface area contributed by atoms with Gasteiger partial charge in [-0.15, -0.1) is 0 Å². The Bertz CT molecular complexity index is 3320. The topological polar surface area (TPSA) is 723 Å². The number of hydrogen-bond donors (Lipinski definition) is 31. The van der Waals surface area contributed by atoms with Crippen LogP contribution in [-0.4, -0.2) is 390 Å². The largest absolute Gasteiger partial charge is 0.480 e. The molecule has 0 aliphatic carbocycles. The van der Waals surface area contributed by atoms with Gasteiger partial charge >= 0.3 is 5.97 Å². The van der Waals surface area contributed by atoms with E-state index in [9.17, 15) is 95.9 Å². The highest BCUT2D eigenvalue weighted by Gasteiger charge is 2.35. The lowest BCUT2D eigenvalue weighted by atomic mass is 10.1. The maximum atomic E-state index is 13.2. The highest BCUT2D eigenvalue weighted by Crippen LogP contribution is 2.09. The third-order valence-corrected chi connectivity index (χ3v) is 19.9. The normalized spacial score (nSPS) is 17.7. The third-order valence-electron chi connectivity index (χ3n) is 19.9. The van der Waals surface area contributed by atoms with E-state index in [1.54, 1.807) is 49.3 Å². The van der Waals surface area contributed by atoms with Crippen molar-refractivity contribution < 1.29 is 101 Å². The fourth-order valence-electron chi connectivity index (χ4n) is 12.5. The average Bonchev–Trinajstić information content (AvgIpc) is 0.845. The van der Waals surface area contributed by atoms with E-state index in [0.29, 0.717) is 51.7 Å². The van der Waals surface area contributed by atoms with Crippen LogP contribution in [0.3, 0.4) is 0 Å². The second kappa shape index (κ2) is 107. The Balaban J connectivity index is -0.000000102. The number of carboxylic acid groups (broad SMARTS) is 1. The lowest BCUT2D eigenvalue weighted by Crippen LogP contribution is -2.63. The summed E-state index contributed by atoms with van der Waals surface area (Å²) in [6, 6.07) is -12.6. The van der Waals surface area contributed by atoms with Crippen LogP contribution < -0.4 is 160 Å². The molecule has 0 radical (unpaired) electrons. The molecule has 884 valence electrons. The molecule has 19 amide bonds. The van der Waals surface area contributed by atoms with Crippen LogP contribution in [0.4, 0.5) is 0 Å². The van der Waals surface area contributed by atoms with E-state index >= 15 is 0 Å². The molecule has 2 aliphatic rings. The zero-order valence-corrected chi connectivity index (χ0v) is 78.6. The van der Waals surface area contributed by atoms with E-state index in [-0.39, 0.29) is 264 Å². The predicted molar refractivity (Wildman–Crippen MR) is 599 cm³/mol. The number of hydrogen-bond acceptors (Lipinski definition) is 31. The van der Waals surface area contributed by atoms with Gasteiger partial charge in [-0.2, -0.15) is 0 Å². The summed E-state index contributed by atoms with van der Waals surface area (Å²) < 4.78 is 0. The van der Waals surface area contributed by atoms with Crippen molar-refractivity contribution in [2.45, 2.75) is 335 Å². The molecule has 51 nitrogen and oxygen atoms in total. The molecule has 14 atom stereocenters. The number of nitrogens with one attached hydrogen (secondary N) is 30. The van der Waals surface area contributed by atoms with Crippen molar-refractivity contribution in [3.8, 4) is 0 Å².